The van der Waals surface area contributed by atoms with E-state index in [0.717, 1.165) is 75.5 Å². The highest BCUT2D eigenvalue weighted by molar-refractivity contribution is 5.85. The third kappa shape index (κ3) is 4.64. The first-order valence-electron chi connectivity index (χ1n) is 13.5. The van der Waals surface area contributed by atoms with Crippen molar-refractivity contribution >= 4 is 23.5 Å². The molecule has 1 unspecified atom stereocenters. The van der Waals surface area contributed by atoms with Gasteiger partial charge in [-0.2, -0.15) is 10.1 Å². The van der Waals surface area contributed by atoms with E-state index in [0.29, 0.717) is 11.9 Å². The lowest BCUT2D eigenvalue weighted by molar-refractivity contribution is -0.132. The number of likely N-dealkylation sites (N-methyl/N-ethyl adjacent to an activating group) is 1. The topological polar surface area (TPSA) is 90.0 Å². The van der Waals surface area contributed by atoms with Crippen LogP contribution >= 0.6 is 0 Å². The molecule has 2 aliphatic carbocycles. The summed E-state index contributed by atoms with van der Waals surface area (Å²) in [4.78, 5) is 27.3. The maximum absolute atomic E-state index is 13.2. The summed E-state index contributed by atoms with van der Waals surface area (Å²) in [6, 6.07) is 1.99. The molecule has 1 amide bonds. The fraction of sp³-hybridized carbons (Fsp3) is 0.692. The van der Waals surface area contributed by atoms with Gasteiger partial charge in [-0.25, -0.2) is 4.98 Å². The number of amides is 1. The number of hydrogen-bond donors (Lipinski definition) is 2. The molecule has 3 aliphatic rings. The van der Waals surface area contributed by atoms with E-state index in [1.807, 2.05) is 18.7 Å². The number of aromatic amines is 1. The van der Waals surface area contributed by atoms with E-state index in [4.69, 9.17) is 9.97 Å². The smallest absolute Gasteiger partial charge is 0.245 e. The van der Waals surface area contributed by atoms with Gasteiger partial charge in [-0.1, -0.05) is 19.3 Å². The third-order valence-corrected chi connectivity index (χ3v) is 7.93. The molecule has 5 rings (SSSR count). The Bertz CT molecular complexity index is 993. The zero-order chi connectivity index (χ0) is 23.5. The van der Waals surface area contributed by atoms with Gasteiger partial charge in [0.1, 0.15) is 11.9 Å². The first kappa shape index (κ1) is 23.1. The summed E-state index contributed by atoms with van der Waals surface area (Å²) in [5.41, 5.74) is 3.57. The summed E-state index contributed by atoms with van der Waals surface area (Å²) in [5.74, 6) is 3.16. The van der Waals surface area contributed by atoms with Crippen molar-refractivity contribution in [2.24, 2.45) is 0 Å². The molecule has 2 N–H and O–H groups in total. The summed E-state index contributed by atoms with van der Waals surface area (Å²) < 4.78 is 0. The zero-order valence-corrected chi connectivity index (χ0v) is 20.8. The van der Waals surface area contributed by atoms with Gasteiger partial charge < -0.3 is 15.1 Å². The standard InChI is InChI=1S/C26H39N7O/c1-3-32(4-2)25(34)22-15-10-16-33(22)26-27-20-14-9-8-13-19(20)24(29-26)28-23-17-21(30-31-23)18-11-6-5-7-12-18/h17-18,22H,3-16H2,1-2H3,(H2,27,28,29,30,31). The molecule has 3 heterocycles. The van der Waals surface area contributed by atoms with E-state index in [1.54, 1.807) is 0 Å². The minimum absolute atomic E-state index is 0.169. The Morgan fingerprint density at radius 2 is 1.85 bits per heavy atom. The molecule has 8 heteroatoms. The molecule has 2 fully saturated rings. The van der Waals surface area contributed by atoms with E-state index in [9.17, 15) is 4.79 Å². The molecule has 2 aromatic rings. The monoisotopic (exact) mass is 465 g/mol. The fourth-order valence-electron chi connectivity index (χ4n) is 5.97. The Balaban J connectivity index is 1.42. The molecule has 184 valence electrons. The maximum Gasteiger partial charge on any atom is 0.245 e. The molecule has 2 aromatic heterocycles. The van der Waals surface area contributed by atoms with Crippen molar-refractivity contribution in [2.75, 3.05) is 29.9 Å². The van der Waals surface area contributed by atoms with E-state index < -0.39 is 0 Å². The molecular formula is C26H39N7O. The minimum Gasteiger partial charge on any atom is -0.341 e. The molecule has 1 atom stereocenters. The highest BCUT2D eigenvalue weighted by Gasteiger charge is 2.35. The average Bonchev–Trinajstić information content (AvgIpc) is 3.55. The normalized spacial score (nSPS) is 20.9. The van der Waals surface area contributed by atoms with Crippen molar-refractivity contribution in [3.8, 4) is 0 Å². The summed E-state index contributed by atoms with van der Waals surface area (Å²) in [7, 11) is 0. The van der Waals surface area contributed by atoms with Gasteiger partial charge in [-0.15, -0.1) is 0 Å². The fourth-order valence-corrected chi connectivity index (χ4v) is 5.97. The predicted molar refractivity (Wildman–Crippen MR) is 135 cm³/mol. The summed E-state index contributed by atoms with van der Waals surface area (Å²) in [5, 5.41) is 11.4. The second-order valence-corrected chi connectivity index (χ2v) is 10.0. The van der Waals surface area contributed by atoms with Crippen LogP contribution in [0.3, 0.4) is 0 Å². The second-order valence-electron chi connectivity index (χ2n) is 10.0. The number of aromatic nitrogens is 4. The lowest BCUT2D eigenvalue weighted by Crippen LogP contribution is -2.46. The highest BCUT2D eigenvalue weighted by atomic mass is 16.2. The third-order valence-electron chi connectivity index (χ3n) is 7.93. The molecule has 0 aromatic carbocycles. The van der Waals surface area contributed by atoms with Gasteiger partial charge >= 0.3 is 0 Å². The Kier molecular flexibility index (Phi) is 7.02. The van der Waals surface area contributed by atoms with E-state index in [1.165, 1.54) is 43.4 Å². The average molecular weight is 466 g/mol. The van der Waals surface area contributed by atoms with Crippen LogP contribution in [0.4, 0.5) is 17.6 Å². The summed E-state index contributed by atoms with van der Waals surface area (Å²) >= 11 is 0. The van der Waals surface area contributed by atoms with Gasteiger partial charge in [0.25, 0.3) is 0 Å². The first-order chi connectivity index (χ1) is 16.7. The maximum atomic E-state index is 13.2. The Morgan fingerprint density at radius 3 is 2.65 bits per heavy atom. The van der Waals surface area contributed by atoms with Crippen LogP contribution in [0.5, 0.6) is 0 Å². The lowest BCUT2D eigenvalue weighted by Gasteiger charge is -2.30. The van der Waals surface area contributed by atoms with Gasteiger partial charge in [0.2, 0.25) is 11.9 Å². The second kappa shape index (κ2) is 10.3. The largest absolute Gasteiger partial charge is 0.341 e. The van der Waals surface area contributed by atoms with Gasteiger partial charge in [0.05, 0.1) is 5.69 Å². The van der Waals surface area contributed by atoms with Crippen molar-refractivity contribution in [3.63, 3.8) is 0 Å². The van der Waals surface area contributed by atoms with Crippen molar-refractivity contribution in [2.45, 2.75) is 96.4 Å². The quantitative estimate of drug-likeness (QED) is 0.616. The molecule has 0 bridgehead atoms. The number of hydrogen-bond acceptors (Lipinski definition) is 6. The van der Waals surface area contributed by atoms with Crippen LogP contribution in [0.1, 0.15) is 94.5 Å². The molecular weight excluding hydrogens is 426 g/mol. The van der Waals surface area contributed by atoms with Crippen LogP contribution in [0.2, 0.25) is 0 Å². The van der Waals surface area contributed by atoms with Crippen molar-refractivity contribution < 1.29 is 4.79 Å². The van der Waals surface area contributed by atoms with Crippen LogP contribution in [-0.2, 0) is 17.6 Å². The lowest BCUT2D eigenvalue weighted by atomic mass is 9.87. The molecule has 1 saturated heterocycles. The van der Waals surface area contributed by atoms with E-state index in [-0.39, 0.29) is 11.9 Å². The van der Waals surface area contributed by atoms with Crippen molar-refractivity contribution in [1.82, 2.24) is 25.1 Å². The molecule has 34 heavy (non-hydrogen) atoms. The number of H-pyrrole nitrogens is 1. The van der Waals surface area contributed by atoms with Crippen LogP contribution in [-0.4, -0.2) is 56.6 Å². The van der Waals surface area contributed by atoms with Crippen LogP contribution in [0.15, 0.2) is 6.07 Å². The Hall–Kier alpha value is -2.64. The summed E-state index contributed by atoms with van der Waals surface area (Å²) in [6.07, 6.45) is 12.6. The molecule has 1 saturated carbocycles. The number of nitrogens with one attached hydrogen (secondary N) is 2. The number of carbonyl (C=O) groups excluding carboxylic acids is 1. The number of nitrogens with zero attached hydrogens (tertiary/aromatic N) is 5. The Labute approximate surface area is 202 Å². The molecule has 8 nitrogen and oxygen atoms in total. The molecule has 0 spiro atoms. The van der Waals surface area contributed by atoms with Crippen LogP contribution in [0.25, 0.3) is 0 Å². The molecule has 0 radical (unpaired) electrons. The predicted octanol–water partition coefficient (Wildman–Crippen LogP) is 4.71. The Morgan fingerprint density at radius 1 is 1.06 bits per heavy atom. The zero-order valence-electron chi connectivity index (χ0n) is 20.8. The SMILES string of the molecule is CCN(CC)C(=O)C1CCCN1c1nc2c(c(Nc3cc(C4CCCCC4)[nH]n3)n1)CCCC2. The number of carbonyl (C=O) groups is 1. The molecule has 1 aliphatic heterocycles. The van der Waals surface area contributed by atoms with Gasteiger partial charge in [-0.05, 0) is 65.2 Å². The summed E-state index contributed by atoms with van der Waals surface area (Å²) in [6.45, 7) is 6.39. The van der Waals surface area contributed by atoms with Crippen LogP contribution in [0, 0.1) is 0 Å². The van der Waals surface area contributed by atoms with Gasteiger partial charge in [-0.3, -0.25) is 9.89 Å². The van der Waals surface area contributed by atoms with Gasteiger partial charge in [0.15, 0.2) is 5.82 Å². The first-order valence-corrected chi connectivity index (χ1v) is 13.5. The number of anilines is 3. The minimum atomic E-state index is -0.169. The number of rotatable bonds is 7. The van der Waals surface area contributed by atoms with Crippen molar-refractivity contribution in [1.29, 1.82) is 0 Å². The number of fused-ring (bicyclic) bond motifs is 1. The van der Waals surface area contributed by atoms with Gasteiger partial charge in [0, 0.05) is 42.9 Å². The van der Waals surface area contributed by atoms with Crippen molar-refractivity contribution in [3.05, 3.63) is 23.0 Å². The number of aryl methyl sites for hydroxylation is 1. The van der Waals surface area contributed by atoms with Crippen LogP contribution < -0.4 is 10.2 Å². The van der Waals surface area contributed by atoms with E-state index in [2.05, 4.69) is 26.5 Å². The van der Waals surface area contributed by atoms with E-state index >= 15 is 0 Å². The highest BCUT2D eigenvalue weighted by Crippen LogP contribution is 2.35.